The maximum Gasteiger partial charge on any atom is 0.341 e. The van der Waals surface area contributed by atoms with E-state index in [1.807, 2.05) is 36.4 Å². The Morgan fingerprint density at radius 1 is 0.941 bits per heavy atom. The number of benzene rings is 2. The average Bonchev–Trinajstić information content (AvgIpc) is 3.43. The molecule has 0 fully saturated rings. The van der Waals surface area contributed by atoms with Gasteiger partial charge >= 0.3 is 5.97 Å². The molecule has 4 rings (SSSR count). The maximum atomic E-state index is 12.7. The summed E-state index contributed by atoms with van der Waals surface area (Å²) in [6, 6.07) is 20.2. The van der Waals surface area contributed by atoms with Crippen molar-refractivity contribution in [3.8, 4) is 0 Å². The number of Topliss-reactive ketones (excluding diaryl/α,β-unsaturated/α-hetero) is 1. The van der Waals surface area contributed by atoms with Gasteiger partial charge in [0.2, 0.25) is 5.78 Å². The highest BCUT2D eigenvalue weighted by Gasteiger charge is 2.20. The third kappa shape index (κ3) is 5.12. The molecule has 0 saturated carbocycles. The van der Waals surface area contributed by atoms with Crippen molar-refractivity contribution in [3.63, 3.8) is 0 Å². The van der Waals surface area contributed by atoms with Crippen LogP contribution < -0.4 is 5.43 Å². The smallest absolute Gasteiger partial charge is 0.341 e. The summed E-state index contributed by atoms with van der Waals surface area (Å²) in [4.78, 5) is 37.7. The average molecular weight is 457 g/mol. The Labute approximate surface area is 196 Å². The van der Waals surface area contributed by atoms with Crippen LogP contribution in [0.1, 0.15) is 48.0 Å². The topological polar surface area (TPSA) is 95.2 Å². The normalized spacial score (nSPS) is 10.6. The van der Waals surface area contributed by atoms with Crippen molar-refractivity contribution in [2.75, 3.05) is 12.0 Å². The van der Waals surface area contributed by atoms with E-state index in [1.165, 1.54) is 6.20 Å². The van der Waals surface area contributed by atoms with Crippen molar-refractivity contribution in [1.29, 1.82) is 0 Å². The largest absolute Gasteiger partial charge is 0.454 e. The number of aryl methyl sites for hydroxylation is 1. The number of carbonyl (C=O) groups is 3. The highest BCUT2D eigenvalue weighted by molar-refractivity contribution is 6.02. The lowest BCUT2D eigenvalue weighted by atomic mass is 10.1. The maximum absolute atomic E-state index is 12.7. The van der Waals surface area contributed by atoms with E-state index in [1.54, 1.807) is 59.7 Å². The van der Waals surface area contributed by atoms with Gasteiger partial charge < -0.3 is 4.74 Å². The number of amides is 1. The van der Waals surface area contributed by atoms with Crippen LogP contribution in [0.4, 0.5) is 0 Å². The molecule has 2 aromatic heterocycles. The Morgan fingerprint density at radius 2 is 1.62 bits per heavy atom. The molecule has 1 amide bonds. The Hall–Kier alpha value is -4.46. The highest BCUT2D eigenvalue weighted by Crippen LogP contribution is 2.16. The molecule has 2 aromatic carbocycles. The lowest BCUT2D eigenvalue weighted by Crippen LogP contribution is -2.25. The van der Waals surface area contributed by atoms with Crippen LogP contribution in [0.15, 0.2) is 79.1 Å². The van der Waals surface area contributed by atoms with Gasteiger partial charge in [0.25, 0.3) is 5.91 Å². The Morgan fingerprint density at radius 3 is 2.32 bits per heavy atom. The van der Waals surface area contributed by atoms with E-state index in [4.69, 9.17) is 4.74 Å². The summed E-state index contributed by atoms with van der Waals surface area (Å²) in [6.45, 7) is 3.61. The van der Waals surface area contributed by atoms with Crippen LogP contribution in [0.25, 0.3) is 0 Å². The third-order valence-corrected chi connectivity index (χ3v) is 5.37. The second kappa shape index (κ2) is 9.99. The highest BCUT2D eigenvalue weighted by atomic mass is 16.5. The first kappa shape index (κ1) is 22.7. The number of nitrogens with one attached hydrogen (secondary N) is 1. The van der Waals surface area contributed by atoms with Gasteiger partial charge in [-0.1, -0.05) is 48.5 Å². The first-order valence-electron chi connectivity index (χ1n) is 10.7. The van der Waals surface area contributed by atoms with Gasteiger partial charge in [-0.3, -0.25) is 24.4 Å². The van der Waals surface area contributed by atoms with Gasteiger partial charge in [-0.05, 0) is 37.6 Å². The first-order chi connectivity index (χ1) is 16.4. The summed E-state index contributed by atoms with van der Waals surface area (Å²) in [6.07, 6.45) is 3.01. The van der Waals surface area contributed by atoms with Crippen molar-refractivity contribution < 1.29 is 19.1 Å². The van der Waals surface area contributed by atoms with E-state index in [0.717, 1.165) is 5.56 Å². The monoisotopic (exact) mass is 456 g/mol. The number of hydrogen-bond acceptors (Lipinski definition) is 5. The molecule has 0 aliphatic rings. The number of esters is 1. The molecule has 34 heavy (non-hydrogen) atoms. The fourth-order valence-corrected chi connectivity index (χ4v) is 3.59. The summed E-state index contributed by atoms with van der Waals surface area (Å²) < 4.78 is 8.41. The van der Waals surface area contributed by atoms with Crippen LogP contribution in [-0.2, 0) is 11.3 Å². The quantitative estimate of drug-likeness (QED) is 0.322. The van der Waals surface area contributed by atoms with Crippen LogP contribution in [0.3, 0.4) is 0 Å². The molecule has 0 unspecified atom stereocenters. The first-order valence-corrected chi connectivity index (χ1v) is 10.7. The van der Waals surface area contributed by atoms with E-state index < -0.39 is 12.6 Å². The zero-order valence-corrected chi connectivity index (χ0v) is 18.9. The zero-order valence-electron chi connectivity index (χ0n) is 18.9. The summed E-state index contributed by atoms with van der Waals surface area (Å²) in [5.41, 5.74) is 6.22. The number of nitrogens with zero attached hydrogens (tertiary/aromatic N) is 3. The fraction of sp³-hybridized carbons (Fsp3) is 0.154. The summed E-state index contributed by atoms with van der Waals surface area (Å²) >= 11 is 0. The molecule has 0 aliphatic heterocycles. The van der Waals surface area contributed by atoms with Crippen molar-refractivity contribution in [1.82, 2.24) is 14.5 Å². The van der Waals surface area contributed by atoms with Gasteiger partial charge in [0.1, 0.15) is 0 Å². The summed E-state index contributed by atoms with van der Waals surface area (Å²) in [5, 5.41) is 4.19. The van der Waals surface area contributed by atoms with Gasteiger partial charge in [-0.15, -0.1) is 0 Å². The number of rotatable bonds is 8. The molecule has 8 nitrogen and oxygen atoms in total. The van der Waals surface area contributed by atoms with E-state index in [0.29, 0.717) is 29.1 Å². The molecule has 172 valence electrons. The Kier molecular flexibility index (Phi) is 6.68. The van der Waals surface area contributed by atoms with Gasteiger partial charge in [-0.2, -0.15) is 5.10 Å². The van der Waals surface area contributed by atoms with Gasteiger partial charge in [0, 0.05) is 28.7 Å². The van der Waals surface area contributed by atoms with E-state index in [2.05, 4.69) is 10.5 Å². The second-order valence-electron chi connectivity index (χ2n) is 7.84. The summed E-state index contributed by atoms with van der Waals surface area (Å²) in [7, 11) is 0. The number of carbonyl (C=O) groups excluding carboxylic acids is 3. The second-order valence-corrected chi connectivity index (χ2v) is 7.84. The molecule has 0 aliphatic carbocycles. The van der Waals surface area contributed by atoms with Crippen LogP contribution in [0.5, 0.6) is 0 Å². The van der Waals surface area contributed by atoms with Gasteiger partial charge in [0.05, 0.1) is 18.3 Å². The predicted octanol–water partition coefficient (Wildman–Crippen LogP) is 3.77. The molecule has 0 atom stereocenters. The van der Waals surface area contributed by atoms with Crippen LogP contribution in [-0.4, -0.2) is 38.7 Å². The van der Waals surface area contributed by atoms with Crippen molar-refractivity contribution >= 4 is 17.7 Å². The third-order valence-electron chi connectivity index (χ3n) is 5.37. The van der Waals surface area contributed by atoms with E-state index in [9.17, 15) is 14.4 Å². The van der Waals surface area contributed by atoms with Crippen LogP contribution >= 0.6 is 0 Å². The summed E-state index contributed by atoms with van der Waals surface area (Å²) in [5.74, 6) is -1.28. The van der Waals surface area contributed by atoms with Gasteiger partial charge in [-0.25, -0.2) is 4.79 Å². The molecular formula is C26H24N4O4. The van der Waals surface area contributed by atoms with Crippen molar-refractivity contribution in [2.45, 2.75) is 20.4 Å². The minimum Gasteiger partial charge on any atom is -0.454 e. The van der Waals surface area contributed by atoms with Crippen molar-refractivity contribution in [3.05, 3.63) is 113 Å². The fourth-order valence-electron chi connectivity index (χ4n) is 3.59. The van der Waals surface area contributed by atoms with Crippen LogP contribution in [0, 0.1) is 13.8 Å². The number of aromatic nitrogens is 3. The zero-order chi connectivity index (χ0) is 24.1. The predicted molar refractivity (Wildman–Crippen MR) is 126 cm³/mol. The molecular weight excluding hydrogens is 432 g/mol. The SMILES string of the molecule is Cc1cc(C(=O)COC(=O)c2cnn(Cc3ccccc3)c2)c(C)n1NC(=O)c1ccccc1. The molecule has 0 spiro atoms. The number of ether oxygens (including phenoxy) is 1. The molecule has 2 heterocycles. The lowest BCUT2D eigenvalue weighted by molar-refractivity contribution is 0.0474. The Balaban J connectivity index is 1.37. The molecule has 1 N–H and O–H groups in total. The van der Waals surface area contributed by atoms with E-state index in [-0.39, 0.29) is 17.3 Å². The molecule has 0 radical (unpaired) electrons. The minimum absolute atomic E-state index is 0.268. The molecule has 4 aromatic rings. The van der Waals surface area contributed by atoms with Crippen LogP contribution in [0.2, 0.25) is 0 Å². The van der Waals surface area contributed by atoms with Gasteiger partial charge in [0.15, 0.2) is 6.61 Å². The number of hydrogen-bond donors (Lipinski definition) is 1. The lowest BCUT2D eigenvalue weighted by Gasteiger charge is -2.11. The molecule has 8 heteroatoms. The molecule has 0 saturated heterocycles. The van der Waals surface area contributed by atoms with E-state index >= 15 is 0 Å². The minimum atomic E-state index is -0.626. The van der Waals surface area contributed by atoms with Crippen molar-refractivity contribution in [2.24, 2.45) is 0 Å². The number of ketones is 1. The molecule has 0 bridgehead atoms. The standard InChI is InChI=1S/C26H24N4O4/c1-18-13-23(19(2)30(18)28-25(32)21-11-7-4-8-12-21)24(31)17-34-26(33)22-14-27-29(16-22)15-20-9-5-3-6-10-20/h3-14,16H,15,17H2,1-2H3,(H,28,32). The Bertz CT molecular complexity index is 1320.